The Hall–Kier alpha value is -2.48. The average Bonchev–Trinajstić information content (AvgIpc) is 2.88. The molecule has 0 radical (unpaired) electrons. The number of dihydropyridines is 1. The lowest BCUT2D eigenvalue weighted by Gasteiger charge is -2.32. The van der Waals surface area contributed by atoms with Crippen LogP contribution in [0.1, 0.15) is 25.3 Å². The van der Waals surface area contributed by atoms with Gasteiger partial charge in [0.1, 0.15) is 0 Å². The van der Waals surface area contributed by atoms with Crippen molar-refractivity contribution in [2.24, 2.45) is 0 Å². The summed E-state index contributed by atoms with van der Waals surface area (Å²) in [5.41, 5.74) is 1.80. The van der Waals surface area contributed by atoms with Gasteiger partial charge in [-0.1, -0.05) is 29.8 Å². The van der Waals surface area contributed by atoms with E-state index in [1.54, 1.807) is 38.1 Å². The first-order chi connectivity index (χ1) is 18.1. The van der Waals surface area contributed by atoms with Gasteiger partial charge in [-0.05, 0) is 32.5 Å². The molecule has 38 heavy (non-hydrogen) atoms. The number of methoxy groups -OCH3 is 1. The minimum atomic E-state index is -3.62. The van der Waals surface area contributed by atoms with Crippen molar-refractivity contribution < 1.29 is 32.2 Å². The lowest BCUT2D eigenvalue weighted by atomic mass is 9.80. The van der Waals surface area contributed by atoms with E-state index in [4.69, 9.17) is 25.8 Å². The number of allylic oxidation sites excluding steroid dienone is 1. The first kappa shape index (κ1) is 30.1. The van der Waals surface area contributed by atoms with E-state index < -0.39 is 28.1 Å². The van der Waals surface area contributed by atoms with Crippen LogP contribution in [0.25, 0.3) is 0 Å². The van der Waals surface area contributed by atoms with Gasteiger partial charge in [-0.15, -0.1) is 0 Å². The fraction of sp³-hybridized carbons (Fsp3) is 0.520. The van der Waals surface area contributed by atoms with Gasteiger partial charge in [0.15, 0.2) is 0 Å². The molecule has 1 unspecified atom stereocenters. The number of nitrogens with zero attached hydrogens (tertiary/aromatic N) is 2. The number of nitrogens with one attached hydrogen (secondary N) is 2. The summed E-state index contributed by atoms with van der Waals surface area (Å²) in [6, 6.07) is 6.93. The number of rotatable bonds is 11. The van der Waals surface area contributed by atoms with Crippen LogP contribution in [0.15, 0.2) is 46.8 Å². The molecular formula is C25H35ClN4O7S. The SMILES string of the molecule is CCOC(=O)C1=C(COCCNS(=O)(=O)N2CCN(C)CC2)NC(C)=C(C(=O)OC)C1c1ccccc1Cl. The molecule has 1 saturated heterocycles. The maximum absolute atomic E-state index is 13.2. The molecule has 1 atom stereocenters. The minimum absolute atomic E-state index is 0.0485. The second kappa shape index (κ2) is 13.5. The minimum Gasteiger partial charge on any atom is -0.466 e. The summed E-state index contributed by atoms with van der Waals surface area (Å²) in [7, 11) is -0.405. The Labute approximate surface area is 228 Å². The number of esters is 2. The molecule has 0 spiro atoms. The number of carbonyl (C=O) groups excluding carboxylic acids is 2. The maximum atomic E-state index is 13.2. The Bertz CT molecular complexity index is 1190. The lowest BCUT2D eigenvalue weighted by molar-refractivity contribution is -0.139. The second-order valence-electron chi connectivity index (χ2n) is 8.88. The zero-order valence-corrected chi connectivity index (χ0v) is 23.7. The van der Waals surface area contributed by atoms with E-state index in [1.807, 2.05) is 7.05 Å². The number of ether oxygens (including phenoxy) is 3. The Balaban J connectivity index is 1.80. The fourth-order valence-corrected chi connectivity index (χ4v) is 5.81. The molecule has 1 aromatic carbocycles. The van der Waals surface area contributed by atoms with E-state index in [0.717, 1.165) is 0 Å². The van der Waals surface area contributed by atoms with Crippen molar-refractivity contribution in [2.75, 3.05) is 66.7 Å². The summed E-state index contributed by atoms with van der Waals surface area (Å²) in [6.07, 6.45) is 0. The molecule has 1 aromatic rings. The molecule has 0 aliphatic carbocycles. The highest BCUT2D eigenvalue weighted by molar-refractivity contribution is 7.87. The molecule has 0 amide bonds. The first-order valence-corrected chi connectivity index (χ1v) is 14.1. The largest absolute Gasteiger partial charge is 0.466 e. The summed E-state index contributed by atoms with van der Waals surface area (Å²) in [4.78, 5) is 28.1. The number of likely N-dealkylation sites (N-methyl/N-ethyl adjacent to an activating group) is 1. The third-order valence-electron chi connectivity index (χ3n) is 6.34. The van der Waals surface area contributed by atoms with Crippen molar-refractivity contribution in [3.8, 4) is 0 Å². The highest BCUT2D eigenvalue weighted by Crippen LogP contribution is 2.41. The Morgan fingerprint density at radius 2 is 1.82 bits per heavy atom. The van der Waals surface area contributed by atoms with Crippen LogP contribution in [0, 0.1) is 0 Å². The zero-order valence-electron chi connectivity index (χ0n) is 22.1. The Kier molecular flexibility index (Phi) is 10.7. The molecule has 0 saturated carbocycles. The van der Waals surface area contributed by atoms with Crippen LogP contribution < -0.4 is 10.0 Å². The van der Waals surface area contributed by atoms with E-state index >= 15 is 0 Å². The quantitative estimate of drug-likeness (QED) is 0.300. The van der Waals surface area contributed by atoms with Crippen molar-refractivity contribution in [2.45, 2.75) is 19.8 Å². The van der Waals surface area contributed by atoms with Crippen LogP contribution in [0.2, 0.25) is 5.02 Å². The van der Waals surface area contributed by atoms with Crippen molar-refractivity contribution in [1.29, 1.82) is 0 Å². The number of halogens is 1. The molecule has 11 nitrogen and oxygen atoms in total. The lowest BCUT2D eigenvalue weighted by Crippen LogP contribution is -2.51. The van der Waals surface area contributed by atoms with E-state index in [1.165, 1.54) is 11.4 Å². The molecular weight excluding hydrogens is 536 g/mol. The van der Waals surface area contributed by atoms with Crippen molar-refractivity contribution in [3.05, 3.63) is 57.4 Å². The first-order valence-electron chi connectivity index (χ1n) is 12.3. The van der Waals surface area contributed by atoms with Crippen LogP contribution in [-0.2, 0) is 34.0 Å². The van der Waals surface area contributed by atoms with E-state index in [2.05, 4.69) is 14.9 Å². The van der Waals surface area contributed by atoms with Crippen LogP contribution in [0.3, 0.4) is 0 Å². The van der Waals surface area contributed by atoms with Gasteiger partial charge in [0.2, 0.25) is 0 Å². The van der Waals surface area contributed by atoms with Crippen LogP contribution in [-0.4, -0.2) is 96.3 Å². The van der Waals surface area contributed by atoms with Gasteiger partial charge in [-0.3, -0.25) is 0 Å². The number of hydrogen-bond acceptors (Lipinski definition) is 9. The van der Waals surface area contributed by atoms with Gasteiger partial charge >= 0.3 is 11.9 Å². The Morgan fingerprint density at radius 1 is 1.13 bits per heavy atom. The normalized spacial score (nSPS) is 19.3. The number of carbonyl (C=O) groups is 2. The number of piperazine rings is 1. The third kappa shape index (κ3) is 7.13. The standard InChI is InChI=1S/C25H35ClN4O7S/c1-5-37-25(32)23-20(16-36-15-10-27-38(33,34)30-13-11-29(3)12-14-30)28-17(2)21(24(31)35-4)22(23)18-8-6-7-9-19(18)26/h6-9,22,27-28H,5,10-16H2,1-4H3. The summed E-state index contributed by atoms with van der Waals surface area (Å²) < 4.78 is 45.2. The van der Waals surface area contributed by atoms with Gasteiger partial charge < -0.3 is 24.4 Å². The molecule has 1 fully saturated rings. The third-order valence-corrected chi connectivity index (χ3v) is 8.30. The molecule has 2 aliphatic rings. The van der Waals surface area contributed by atoms with Crippen molar-refractivity contribution in [3.63, 3.8) is 0 Å². The van der Waals surface area contributed by atoms with Crippen LogP contribution in [0.4, 0.5) is 0 Å². The molecule has 13 heteroatoms. The molecule has 2 heterocycles. The zero-order chi connectivity index (χ0) is 27.9. The van der Waals surface area contributed by atoms with Gasteiger partial charge in [-0.2, -0.15) is 17.4 Å². The topological polar surface area (TPSA) is 127 Å². The summed E-state index contributed by atoms with van der Waals surface area (Å²) >= 11 is 6.50. The summed E-state index contributed by atoms with van der Waals surface area (Å²) in [5.74, 6) is -2.10. The van der Waals surface area contributed by atoms with Gasteiger partial charge in [0, 0.05) is 43.4 Å². The van der Waals surface area contributed by atoms with Crippen molar-refractivity contribution in [1.82, 2.24) is 19.2 Å². The van der Waals surface area contributed by atoms with E-state index in [9.17, 15) is 18.0 Å². The average molecular weight is 571 g/mol. The molecule has 0 aromatic heterocycles. The van der Waals surface area contributed by atoms with Crippen LogP contribution in [0.5, 0.6) is 0 Å². The smallest absolute Gasteiger partial charge is 0.336 e. The van der Waals surface area contributed by atoms with Gasteiger partial charge in [0.05, 0.1) is 49.7 Å². The summed E-state index contributed by atoms with van der Waals surface area (Å²) in [6.45, 7) is 5.72. The Morgan fingerprint density at radius 3 is 2.45 bits per heavy atom. The van der Waals surface area contributed by atoms with E-state index in [0.29, 0.717) is 48.2 Å². The molecule has 2 N–H and O–H groups in total. The highest BCUT2D eigenvalue weighted by Gasteiger charge is 2.39. The number of benzene rings is 1. The number of hydrogen-bond donors (Lipinski definition) is 2. The predicted octanol–water partition coefficient (Wildman–Crippen LogP) is 1.39. The molecule has 3 rings (SSSR count). The van der Waals surface area contributed by atoms with Crippen LogP contribution >= 0.6 is 11.6 Å². The highest BCUT2D eigenvalue weighted by atomic mass is 35.5. The van der Waals surface area contributed by atoms with Gasteiger partial charge in [-0.25, -0.2) is 9.59 Å². The molecule has 2 aliphatic heterocycles. The molecule has 210 valence electrons. The van der Waals surface area contributed by atoms with Crippen molar-refractivity contribution >= 4 is 33.7 Å². The predicted molar refractivity (Wildman–Crippen MR) is 143 cm³/mol. The second-order valence-corrected chi connectivity index (χ2v) is 11.0. The maximum Gasteiger partial charge on any atom is 0.336 e. The summed E-state index contributed by atoms with van der Waals surface area (Å²) in [5, 5.41) is 3.46. The molecule has 0 bridgehead atoms. The fourth-order valence-electron chi connectivity index (χ4n) is 4.40. The monoisotopic (exact) mass is 570 g/mol. The van der Waals surface area contributed by atoms with Gasteiger partial charge in [0.25, 0.3) is 10.2 Å². The van der Waals surface area contributed by atoms with E-state index in [-0.39, 0.29) is 37.5 Å².